The van der Waals surface area contributed by atoms with Gasteiger partial charge in [-0.2, -0.15) is 0 Å². The van der Waals surface area contributed by atoms with Gasteiger partial charge in [-0.05, 0) is 31.0 Å². The Morgan fingerprint density at radius 1 is 1.48 bits per heavy atom. The molecule has 1 aromatic carbocycles. The van der Waals surface area contributed by atoms with Crippen molar-refractivity contribution in [3.05, 3.63) is 29.8 Å². The maximum absolute atomic E-state index is 12.5. The summed E-state index contributed by atoms with van der Waals surface area (Å²) < 4.78 is 28.2. The summed E-state index contributed by atoms with van der Waals surface area (Å²) >= 11 is 0. The van der Waals surface area contributed by atoms with E-state index in [2.05, 4.69) is 5.32 Å². The van der Waals surface area contributed by atoms with Gasteiger partial charge < -0.3 is 15.0 Å². The number of hydrogen-bond donors (Lipinski definition) is 1. The molecule has 0 saturated carbocycles. The van der Waals surface area contributed by atoms with Crippen LogP contribution in [0.4, 0.5) is 5.69 Å². The van der Waals surface area contributed by atoms with Crippen LogP contribution < -0.4 is 5.32 Å². The number of carbonyl (C=O) groups excluding carboxylic acids is 1. The predicted octanol–water partition coefficient (Wildman–Crippen LogP) is 1.28. The molecule has 0 radical (unpaired) electrons. The third-order valence-corrected chi connectivity index (χ3v) is 5.85. The fourth-order valence-electron chi connectivity index (χ4n) is 2.80. The molecule has 1 N–H and O–H groups in total. The first kappa shape index (κ1) is 17.7. The lowest BCUT2D eigenvalue weighted by Gasteiger charge is -2.27. The van der Waals surface area contributed by atoms with Crippen molar-refractivity contribution in [3.8, 4) is 0 Å². The number of ether oxygens (including phenoxy) is 1. The molecule has 7 heteroatoms. The first-order chi connectivity index (χ1) is 10.8. The van der Waals surface area contributed by atoms with Crippen LogP contribution in [0.5, 0.6) is 0 Å². The molecule has 1 saturated heterocycles. The predicted molar refractivity (Wildman–Crippen MR) is 90.1 cm³/mol. The largest absolute Gasteiger partial charge is 0.380 e. The molecule has 0 aromatic heterocycles. The third kappa shape index (κ3) is 4.68. The lowest BCUT2D eigenvalue weighted by atomic mass is 10.1. The molecule has 1 amide bonds. The molecule has 1 aliphatic rings. The van der Waals surface area contributed by atoms with Crippen LogP contribution in [0.3, 0.4) is 0 Å². The van der Waals surface area contributed by atoms with E-state index in [1.807, 2.05) is 24.3 Å². The zero-order valence-electron chi connectivity index (χ0n) is 13.8. The summed E-state index contributed by atoms with van der Waals surface area (Å²) in [5.74, 6) is 0.116. The van der Waals surface area contributed by atoms with Gasteiger partial charge in [0.2, 0.25) is 5.91 Å². The van der Waals surface area contributed by atoms with Crippen molar-refractivity contribution in [2.24, 2.45) is 0 Å². The molecule has 1 heterocycles. The number of amides is 1. The average molecular weight is 340 g/mol. The molecule has 2 atom stereocenters. The third-order valence-electron chi connectivity index (χ3n) is 4.10. The summed E-state index contributed by atoms with van der Waals surface area (Å²) in [5.41, 5.74) is 1.86. The van der Waals surface area contributed by atoms with Crippen LogP contribution in [0, 0.1) is 0 Å². The van der Waals surface area contributed by atoms with Crippen LogP contribution in [0.15, 0.2) is 24.3 Å². The number of likely N-dealkylation sites (N-methyl/N-ethyl adjacent to an activating group) is 1. The molecule has 128 valence electrons. The topological polar surface area (TPSA) is 75.7 Å². The van der Waals surface area contributed by atoms with E-state index in [1.54, 1.807) is 26.0 Å². The van der Waals surface area contributed by atoms with Gasteiger partial charge in [-0.15, -0.1) is 0 Å². The van der Waals surface area contributed by atoms with Gasteiger partial charge in [0.05, 0.1) is 18.1 Å². The fourth-order valence-corrected chi connectivity index (χ4v) is 4.57. The normalized spacial score (nSPS) is 20.9. The van der Waals surface area contributed by atoms with Crippen LogP contribution in [0.25, 0.3) is 0 Å². The molecule has 2 rings (SSSR count). The number of nitrogens with zero attached hydrogens (tertiary/aromatic N) is 1. The Bertz CT molecular complexity index is 660. The van der Waals surface area contributed by atoms with Crippen LogP contribution in [-0.2, 0) is 26.0 Å². The van der Waals surface area contributed by atoms with E-state index < -0.39 is 15.9 Å². The Balaban J connectivity index is 1.98. The molecule has 0 spiro atoms. The molecule has 1 fully saturated rings. The van der Waals surface area contributed by atoms with Crippen LogP contribution in [0.2, 0.25) is 0 Å². The Morgan fingerprint density at radius 3 is 2.83 bits per heavy atom. The minimum absolute atomic E-state index is 0.0608. The smallest absolute Gasteiger partial charge is 0.244 e. The van der Waals surface area contributed by atoms with Crippen molar-refractivity contribution in [1.82, 2.24) is 4.90 Å². The molecule has 6 nitrogen and oxygen atoms in total. The highest BCUT2D eigenvalue weighted by Crippen LogP contribution is 2.18. The van der Waals surface area contributed by atoms with Gasteiger partial charge in [-0.25, -0.2) is 8.42 Å². The van der Waals surface area contributed by atoms with Crippen molar-refractivity contribution < 1.29 is 17.9 Å². The van der Waals surface area contributed by atoms with E-state index in [0.29, 0.717) is 13.0 Å². The van der Waals surface area contributed by atoms with Crippen LogP contribution >= 0.6 is 0 Å². The van der Waals surface area contributed by atoms with Crippen LogP contribution in [-0.4, -0.2) is 57.0 Å². The number of sulfone groups is 1. The number of benzene rings is 1. The van der Waals surface area contributed by atoms with Gasteiger partial charge in [0, 0.05) is 25.9 Å². The summed E-state index contributed by atoms with van der Waals surface area (Å²) in [6.07, 6.45) is 0.515. The Hall–Kier alpha value is -1.60. The second-order valence-electron chi connectivity index (χ2n) is 6.01. The molecule has 1 aromatic rings. The van der Waals surface area contributed by atoms with Gasteiger partial charge in [-0.3, -0.25) is 4.79 Å². The number of rotatable bonds is 6. The molecule has 0 aliphatic carbocycles. The molecule has 23 heavy (non-hydrogen) atoms. The highest BCUT2D eigenvalue weighted by molar-refractivity contribution is 7.91. The van der Waals surface area contributed by atoms with Gasteiger partial charge in [0.1, 0.15) is 6.04 Å². The van der Waals surface area contributed by atoms with Crippen molar-refractivity contribution in [3.63, 3.8) is 0 Å². The maximum Gasteiger partial charge on any atom is 0.244 e. The lowest BCUT2D eigenvalue weighted by molar-refractivity contribution is -0.132. The SMILES string of the molecule is COCc1cccc(N[C@H](C)C(=O)N(C)[C@@H]2CCS(=O)(=O)C2)c1. The van der Waals surface area contributed by atoms with Crippen molar-refractivity contribution >= 4 is 21.4 Å². The second kappa shape index (κ2) is 7.31. The molecule has 1 aliphatic heterocycles. The number of methoxy groups -OCH3 is 1. The second-order valence-corrected chi connectivity index (χ2v) is 8.23. The van der Waals surface area contributed by atoms with E-state index >= 15 is 0 Å². The first-order valence-electron chi connectivity index (χ1n) is 7.64. The lowest BCUT2D eigenvalue weighted by Crippen LogP contribution is -2.45. The van der Waals surface area contributed by atoms with E-state index in [1.165, 1.54) is 0 Å². The van der Waals surface area contributed by atoms with Crippen molar-refractivity contribution in [1.29, 1.82) is 0 Å². The van der Waals surface area contributed by atoms with E-state index in [4.69, 9.17) is 4.74 Å². The van der Waals surface area contributed by atoms with E-state index in [-0.39, 0.29) is 23.5 Å². The van der Waals surface area contributed by atoms with Crippen molar-refractivity contribution in [2.75, 3.05) is 31.0 Å². The maximum atomic E-state index is 12.5. The van der Waals surface area contributed by atoms with Gasteiger partial charge in [0.25, 0.3) is 0 Å². The van der Waals surface area contributed by atoms with Gasteiger partial charge in [-0.1, -0.05) is 12.1 Å². The summed E-state index contributed by atoms with van der Waals surface area (Å²) in [5, 5.41) is 3.17. The quantitative estimate of drug-likeness (QED) is 0.844. The Morgan fingerprint density at radius 2 is 2.22 bits per heavy atom. The monoisotopic (exact) mass is 340 g/mol. The summed E-state index contributed by atoms with van der Waals surface area (Å²) in [6, 6.07) is 7.03. The van der Waals surface area contributed by atoms with E-state index in [0.717, 1.165) is 11.3 Å². The van der Waals surface area contributed by atoms with Crippen molar-refractivity contribution in [2.45, 2.75) is 32.0 Å². The molecule has 0 unspecified atom stereocenters. The Kier molecular flexibility index (Phi) is 5.64. The summed E-state index contributed by atoms with van der Waals surface area (Å²) in [7, 11) is 0.311. The number of anilines is 1. The molecular formula is C16H24N2O4S. The summed E-state index contributed by atoms with van der Waals surface area (Å²) in [4.78, 5) is 14.1. The van der Waals surface area contributed by atoms with Gasteiger partial charge in [0.15, 0.2) is 9.84 Å². The van der Waals surface area contributed by atoms with E-state index in [9.17, 15) is 13.2 Å². The first-order valence-corrected chi connectivity index (χ1v) is 9.46. The number of hydrogen-bond acceptors (Lipinski definition) is 5. The van der Waals surface area contributed by atoms with Gasteiger partial charge >= 0.3 is 0 Å². The summed E-state index contributed by atoms with van der Waals surface area (Å²) in [6.45, 7) is 2.29. The zero-order chi connectivity index (χ0) is 17.0. The number of nitrogens with one attached hydrogen (secondary N) is 1. The number of carbonyl (C=O) groups is 1. The zero-order valence-corrected chi connectivity index (χ0v) is 14.6. The van der Waals surface area contributed by atoms with Crippen LogP contribution in [0.1, 0.15) is 18.9 Å². The standard InChI is InChI=1S/C16H24N2O4S/c1-12(17-14-6-4-5-13(9-14)10-22-3)16(19)18(2)15-7-8-23(20,21)11-15/h4-6,9,12,15,17H,7-8,10-11H2,1-3H3/t12-,15-/m1/s1. The highest BCUT2D eigenvalue weighted by Gasteiger charge is 2.34. The molecule has 0 bridgehead atoms. The highest BCUT2D eigenvalue weighted by atomic mass is 32.2. The molecular weight excluding hydrogens is 316 g/mol. The minimum atomic E-state index is -3.00. The fraction of sp³-hybridized carbons (Fsp3) is 0.562. The average Bonchev–Trinajstić information content (AvgIpc) is 2.86. The minimum Gasteiger partial charge on any atom is -0.380 e. The Labute approximate surface area is 137 Å².